The topological polar surface area (TPSA) is 96.6 Å². The Hall–Kier alpha value is -2.09. The zero-order chi connectivity index (χ0) is 16.9. The van der Waals surface area contributed by atoms with Crippen LogP contribution in [-0.2, 0) is 16.1 Å². The van der Waals surface area contributed by atoms with Crippen LogP contribution >= 0.6 is 0 Å². The lowest BCUT2D eigenvalue weighted by atomic mass is 10.3. The Labute approximate surface area is 140 Å². The van der Waals surface area contributed by atoms with E-state index in [1.165, 1.54) is 6.07 Å². The normalized spacial score (nSPS) is 21.2. The highest BCUT2D eigenvalue weighted by Gasteiger charge is 2.27. The second kappa shape index (κ2) is 7.65. The molecule has 8 heteroatoms. The molecule has 1 saturated carbocycles. The number of nitrogens with one attached hydrogen (secondary N) is 2. The van der Waals surface area contributed by atoms with Gasteiger partial charge in [-0.15, -0.1) is 0 Å². The summed E-state index contributed by atoms with van der Waals surface area (Å²) in [5.41, 5.74) is 0.386. The Morgan fingerprint density at radius 3 is 2.96 bits per heavy atom. The molecule has 24 heavy (non-hydrogen) atoms. The van der Waals surface area contributed by atoms with Crippen molar-refractivity contribution in [2.45, 2.75) is 50.9 Å². The summed E-state index contributed by atoms with van der Waals surface area (Å²) in [7, 11) is 1.56. The van der Waals surface area contributed by atoms with Crippen LogP contribution in [-0.4, -0.2) is 48.4 Å². The summed E-state index contributed by atoms with van der Waals surface area (Å²) in [6, 6.07) is 1.42. The molecule has 1 aliphatic heterocycles. The minimum Gasteiger partial charge on any atom is -0.446 e. The molecule has 2 aliphatic rings. The van der Waals surface area contributed by atoms with Crippen molar-refractivity contribution in [3.63, 3.8) is 0 Å². The molecule has 0 bridgehead atoms. The molecule has 3 rings (SSSR count). The number of aromatic amines is 1. The number of anilines is 1. The van der Waals surface area contributed by atoms with Crippen LogP contribution in [0, 0.1) is 0 Å². The number of amides is 1. The number of aromatic nitrogens is 2. The number of hydrogen-bond acceptors (Lipinski definition) is 6. The molecular formula is C16H24N4O4. The lowest BCUT2D eigenvalue weighted by molar-refractivity contribution is 0.0985. The van der Waals surface area contributed by atoms with Crippen LogP contribution < -0.4 is 15.8 Å². The van der Waals surface area contributed by atoms with E-state index in [2.05, 4.69) is 15.3 Å². The Kier molecular flexibility index (Phi) is 5.34. The molecular weight excluding hydrogens is 312 g/mol. The van der Waals surface area contributed by atoms with Gasteiger partial charge in [-0.1, -0.05) is 0 Å². The van der Waals surface area contributed by atoms with Crippen molar-refractivity contribution in [2.75, 3.05) is 25.1 Å². The third-order valence-corrected chi connectivity index (χ3v) is 4.46. The molecule has 1 saturated heterocycles. The van der Waals surface area contributed by atoms with Gasteiger partial charge in [0.15, 0.2) is 0 Å². The molecule has 2 heterocycles. The van der Waals surface area contributed by atoms with Crippen LogP contribution in [0.25, 0.3) is 0 Å². The van der Waals surface area contributed by atoms with Crippen molar-refractivity contribution in [3.8, 4) is 0 Å². The largest absolute Gasteiger partial charge is 0.446 e. The molecule has 1 atom stereocenters. The van der Waals surface area contributed by atoms with E-state index in [4.69, 9.17) is 9.47 Å². The van der Waals surface area contributed by atoms with Crippen molar-refractivity contribution in [2.24, 2.45) is 0 Å². The molecule has 1 aromatic heterocycles. The van der Waals surface area contributed by atoms with Crippen LogP contribution in [0.1, 0.15) is 37.8 Å². The summed E-state index contributed by atoms with van der Waals surface area (Å²) in [5.74, 6) is 0.517. The molecule has 1 aliphatic carbocycles. The van der Waals surface area contributed by atoms with Crippen molar-refractivity contribution in [1.82, 2.24) is 15.3 Å². The maximum Gasteiger partial charge on any atom is 0.407 e. The number of rotatable bonds is 5. The lowest BCUT2D eigenvalue weighted by Crippen LogP contribution is -2.39. The summed E-state index contributed by atoms with van der Waals surface area (Å²) in [4.78, 5) is 32.8. The number of alkyl carbamates (subject to hydrolysis) is 1. The second-order valence-electron chi connectivity index (χ2n) is 6.38. The third-order valence-electron chi connectivity index (χ3n) is 4.46. The zero-order valence-electron chi connectivity index (χ0n) is 13.9. The minimum atomic E-state index is -0.344. The van der Waals surface area contributed by atoms with Gasteiger partial charge in [0.2, 0.25) is 5.95 Å². The van der Waals surface area contributed by atoms with E-state index in [9.17, 15) is 9.59 Å². The Balaban J connectivity index is 1.55. The SMILES string of the molecule is COCc1cc(=O)[nH]c(N2CCC(NC(=O)OC3CCCC3)C2)n1. The van der Waals surface area contributed by atoms with Gasteiger partial charge >= 0.3 is 6.09 Å². The van der Waals surface area contributed by atoms with Crippen LogP contribution in [0.15, 0.2) is 10.9 Å². The van der Waals surface area contributed by atoms with Gasteiger partial charge in [-0.25, -0.2) is 9.78 Å². The fourth-order valence-electron chi connectivity index (χ4n) is 3.29. The monoisotopic (exact) mass is 336 g/mol. The van der Waals surface area contributed by atoms with E-state index in [-0.39, 0.29) is 23.8 Å². The number of carbonyl (C=O) groups excluding carboxylic acids is 1. The minimum absolute atomic E-state index is 0.00436. The highest BCUT2D eigenvalue weighted by molar-refractivity contribution is 5.68. The number of methoxy groups -OCH3 is 1. The molecule has 1 unspecified atom stereocenters. The zero-order valence-corrected chi connectivity index (χ0v) is 13.9. The molecule has 0 radical (unpaired) electrons. The molecule has 1 aromatic rings. The van der Waals surface area contributed by atoms with Gasteiger partial charge < -0.3 is 19.7 Å². The fraction of sp³-hybridized carbons (Fsp3) is 0.688. The van der Waals surface area contributed by atoms with Gasteiger partial charge in [0.05, 0.1) is 18.3 Å². The van der Waals surface area contributed by atoms with Crippen molar-refractivity contribution in [3.05, 3.63) is 22.1 Å². The van der Waals surface area contributed by atoms with E-state index in [0.29, 0.717) is 31.3 Å². The van der Waals surface area contributed by atoms with Crippen LogP contribution in [0.2, 0.25) is 0 Å². The molecule has 1 amide bonds. The molecule has 8 nitrogen and oxygen atoms in total. The average Bonchev–Trinajstić information content (AvgIpc) is 3.19. The Morgan fingerprint density at radius 2 is 2.21 bits per heavy atom. The first kappa shape index (κ1) is 16.8. The first-order valence-electron chi connectivity index (χ1n) is 8.45. The number of ether oxygens (including phenoxy) is 2. The van der Waals surface area contributed by atoms with Crippen LogP contribution in [0.5, 0.6) is 0 Å². The maximum absolute atomic E-state index is 11.9. The predicted octanol–water partition coefficient (Wildman–Crippen LogP) is 1.16. The van der Waals surface area contributed by atoms with E-state index in [0.717, 1.165) is 32.1 Å². The molecule has 2 fully saturated rings. The number of carbonyl (C=O) groups is 1. The van der Waals surface area contributed by atoms with E-state index in [1.54, 1.807) is 7.11 Å². The van der Waals surface area contributed by atoms with E-state index >= 15 is 0 Å². The maximum atomic E-state index is 11.9. The smallest absolute Gasteiger partial charge is 0.407 e. The number of nitrogens with zero attached hydrogens (tertiary/aromatic N) is 2. The molecule has 2 N–H and O–H groups in total. The van der Waals surface area contributed by atoms with Gasteiger partial charge in [0.1, 0.15) is 6.10 Å². The summed E-state index contributed by atoms with van der Waals surface area (Å²) < 4.78 is 10.5. The summed E-state index contributed by atoms with van der Waals surface area (Å²) in [5, 5.41) is 2.91. The van der Waals surface area contributed by atoms with Crippen molar-refractivity contribution in [1.29, 1.82) is 0 Å². The first-order valence-corrected chi connectivity index (χ1v) is 8.45. The van der Waals surface area contributed by atoms with Crippen LogP contribution in [0.3, 0.4) is 0 Å². The summed E-state index contributed by atoms with van der Waals surface area (Å²) in [6.45, 7) is 1.60. The molecule has 0 aromatic carbocycles. The fourth-order valence-corrected chi connectivity index (χ4v) is 3.29. The lowest BCUT2D eigenvalue weighted by Gasteiger charge is -2.18. The number of H-pyrrole nitrogens is 1. The first-order chi connectivity index (χ1) is 11.6. The highest BCUT2D eigenvalue weighted by Crippen LogP contribution is 2.21. The van der Waals surface area contributed by atoms with Gasteiger partial charge in [0.25, 0.3) is 5.56 Å². The third kappa shape index (κ3) is 4.25. The Bertz CT molecular complexity index is 627. The second-order valence-corrected chi connectivity index (χ2v) is 6.38. The number of hydrogen-bond donors (Lipinski definition) is 2. The predicted molar refractivity (Wildman–Crippen MR) is 88.1 cm³/mol. The summed E-state index contributed by atoms with van der Waals surface area (Å²) >= 11 is 0. The van der Waals surface area contributed by atoms with Gasteiger partial charge in [-0.2, -0.15) is 0 Å². The highest BCUT2D eigenvalue weighted by atomic mass is 16.6. The average molecular weight is 336 g/mol. The quantitative estimate of drug-likeness (QED) is 0.838. The summed E-state index contributed by atoms with van der Waals surface area (Å²) in [6.07, 6.45) is 4.69. The Morgan fingerprint density at radius 1 is 1.42 bits per heavy atom. The van der Waals surface area contributed by atoms with E-state index < -0.39 is 0 Å². The van der Waals surface area contributed by atoms with Gasteiger partial charge in [-0.05, 0) is 32.1 Å². The molecule has 0 spiro atoms. The van der Waals surface area contributed by atoms with E-state index in [1.807, 2.05) is 4.90 Å². The van der Waals surface area contributed by atoms with Gasteiger partial charge in [0, 0.05) is 26.3 Å². The van der Waals surface area contributed by atoms with Crippen molar-refractivity contribution >= 4 is 12.0 Å². The van der Waals surface area contributed by atoms with Crippen molar-refractivity contribution < 1.29 is 14.3 Å². The van der Waals surface area contributed by atoms with Gasteiger partial charge in [-0.3, -0.25) is 9.78 Å². The standard InChI is InChI=1S/C16H24N4O4/c1-23-10-12-8-14(21)19-15(17-12)20-7-6-11(9-20)18-16(22)24-13-4-2-3-5-13/h8,11,13H,2-7,9-10H2,1H3,(H,18,22)(H,17,19,21). The molecule has 132 valence electrons. The van der Waals surface area contributed by atoms with Crippen LogP contribution in [0.4, 0.5) is 10.7 Å².